The van der Waals surface area contributed by atoms with Crippen LogP contribution in [0.15, 0.2) is 36.4 Å². The number of aryl methyl sites for hydroxylation is 1. The minimum atomic E-state index is -0.813. The van der Waals surface area contributed by atoms with Crippen molar-refractivity contribution < 1.29 is 19.1 Å². The minimum Gasteiger partial charge on any atom is -0.505 e. The third-order valence-corrected chi connectivity index (χ3v) is 5.09. The van der Waals surface area contributed by atoms with E-state index in [1.165, 1.54) is 10.6 Å². The van der Waals surface area contributed by atoms with Crippen molar-refractivity contribution in [3.8, 4) is 5.75 Å². The van der Waals surface area contributed by atoms with E-state index in [1.54, 1.807) is 19.1 Å². The second kappa shape index (κ2) is 8.47. The van der Waals surface area contributed by atoms with Gasteiger partial charge in [-0.05, 0) is 44.0 Å². The van der Waals surface area contributed by atoms with Gasteiger partial charge < -0.3 is 10.4 Å². The van der Waals surface area contributed by atoms with Crippen molar-refractivity contribution in [1.29, 1.82) is 0 Å². The van der Waals surface area contributed by atoms with Crippen molar-refractivity contribution in [2.45, 2.75) is 40.0 Å². The third kappa shape index (κ3) is 4.16. The van der Waals surface area contributed by atoms with Crippen LogP contribution in [0.25, 0.3) is 10.9 Å². The highest BCUT2D eigenvalue weighted by atomic mass is 19.1. The Morgan fingerprint density at radius 1 is 1.14 bits per heavy atom. The molecule has 1 aromatic heterocycles. The van der Waals surface area contributed by atoms with Crippen LogP contribution in [0.3, 0.4) is 0 Å². The molecular formula is C23H25FN2O3. The van der Waals surface area contributed by atoms with E-state index in [0.29, 0.717) is 34.3 Å². The summed E-state index contributed by atoms with van der Waals surface area (Å²) in [5.74, 6) is -1.81. The highest BCUT2D eigenvalue weighted by Gasteiger charge is 2.23. The van der Waals surface area contributed by atoms with Gasteiger partial charge in [0.15, 0.2) is 11.6 Å². The van der Waals surface area contributed by atoms with Crippen LogP contribution in [0.4, 0.5) is 4.39 Å². The molecule has 2 N–H and O–H groups in total. The lowest BCUT2D eigenvalue weighted by Gasteiger charge is -2.08. The number of halogens is 1. The van der Waals surface area contributed by atoms with Gasteiger partial charge in [0, 0.05) is 29.3 Å². The van der Waals surface area contributed by atoms with Crippen molar-refractivity contribution in [1.82, 2.24) is 9.88 Å². The summed E-state index contributed by atoms with van der Waals surface area (Å²) in [5, 5.41) is 13.2. The fourth-order valence-electron chi connectivity index (χ4n) is 3.43. The smallest absolute Gasteiger partial charge is 0.262 e. The molecule has 0 fully saturated rings. The molecule has 0 atom stereocenters. The quantitative estimate of drug-likeness (QED) is 0.612. The summed E-state index contributed by atoms with van der Waals surface area (Å²) in [5.41, 5.74) is 2.98. The van der Waals surface area contributed by atoms with Crippen LogP contribution >= 0.6 is 0 Å². The zero-order chi connectivity index (χ0) is 21.1. The zero-order valence-corrected chi connectivity index (χ0v) is 16.9. The second-order valence-electron chi connectivity index (χ2n) is 7.27. The van der Waals surface area contributed by atoms with Crippen LogP contribution in [0.2, 0.25) is 0 Å². The maximum Gasteiger partial charge on any atom is 0.262 e. The predicted octanol–water partition coefficient (Wildman–Crippen LogP) is 4.25. The maximum atomic E-state index is 14.1. The molecule has 0 unspecified atom stereocenters. The van der Waals surface area contributed by atoms with Crippen LogP contribution in [0.5, 0.6) is 5.75 Å². The number of carbonyl (C=O) groups excluding carboxylic acids is 2. The lowest BCUT2D eigenvalue weighted by Crippen LogP contribution is -2.26. The topological polar surface area (TPSA) is 71.3 Å². The predicted molar refractivity (Wildman–Crippen MR) is 111 cm³/mol. The Kier molecular flexibility index (Phi) is 6.01. The molecule has 1 heterocycles. The molecule has 0 saturated carbocycles. The van der Waals surface area contributed by atoms with Gasteiger partial charge in [-0.2, -0.15) is 0 Å². The van der Waals surface area contributed by atoms with E-state index < -0.39 is 11.6 Å². The van der Waals surface area contributed by atoms with E-state index in [4.69, 9.17) is 0 Å². The molecule has 152 valence electrons. The number of hydrogen-bond acceptors (Lipinski definition) is 3. The molecular weight excluding hydrogens is 371 g/mol. The van der Waals surface area contributed by atoms with Crippen molar-refractivity contribution in [3.63, 3.8) is 0 Å². The van der Waals surface area contributed by atoms with Gasteiger partial charge in [-0.15, -0.1) is 0 Å². The van der Waals surface area contributed by atoms with E-state index in [1.807, 2.05) is 26.0 Å². The summed E-state index contributed by atoms with van der Waals surface area (Å²) in [6, 6.07) is 9.53. The SMILES string of the molecule is CCCCNC(=O)Cc1c(C)n(C(=O)c2ccc(C)cc2)c2cc(F)c(O)cc12. The molecule has 0 bridgehead atoms. The van der Waals surface area contributed by atoms with Crippen LogP contribution in [-0.2, 0) is 11.2 Å². The Labute approximate surface area is 169 Å². The summed E-state index contributed by atoms with van der Waals surface area (Å²) in [6.07, 6.45) is 1.90. The van der Waals surface area contributed by atoms with Gasteiger partial charge in [0.1, 0.15) is 0 Å². The fourth-order valence-corrected chi connectivity index (χ4v) is 3.43. The minimum absolute atomic E-state index is 0.0469. The number of amides is 1. The maximum absolute atomic E-state index is 14.1. The van der Waals surface area contributed by atoms with Gasteiger partial charge >= 0.3 is 0 Å². The van der Waals surface area contributed by atoms with Crippen molar-refractivity contribution in [2.75, 3.05) is 6.54 Å². The molecule has 0 saturated heterocycles. The number of phenolic OH excluding ortho intramolecular Hbond substituents is 1. The molecule has 3 aromatic rings. The first-order valence-electron chi connectivity index (χ1n) is 9.74. The lowest BCUT2D eigenvalue weighted by molar-refractivity contribution is -0.120. The summed E-state index contributed by atoms with van der Waals surface area (Å²) in [4.78, 5) is 25.6. The molecule has 29 heavy (non-hydrogen) atoms. The third-order valence-electron chi connectivity index (χ3n) is 5.09. The number of aromatic nitrogens is 1. The Morgan fingerprint density at radius 2 is 1.83 bits per heavy atom. The number of nitrogens with one attached hydrogen (secondary N) is 1. The molecule has 2 aromatic carbocycles. The number of nitrogens with zero attached hydrogens (tertiary/aromatic N) is 1. The number of hydrogen-bond donors (Lipinski definition) is 2. The monoisotopic (exact) mass is 396 g/mol. The highest BCUT2D eigenvalue weighted by Crippen LogP contribution is 2.32. The fraction of sp³-hybridized carbons (Fsp3) is 0.304. The normalized spacial score (nSPS) is 11.0. The number of fused-ring (bicyclic) bond motifs is 1. The molecule has 0 aliphatic rings. The Balaban J connectivity index is 2.09. The van der Waals surface area contributed by atoms with Crippen LogP contribution < -0.4 is 5.32 Å². The summed E-state index contributed by atoms with van der Waals surface area (Å²) in [6.45, 7) is 6.28. The van der Waals surface area contributed by atoms with E-state index in [0.717, 1.165) is 24.5 Å². The second-order valence-corrected chi connectivity index (χ2v) is 7.27. The Morgan fingerprint density at radius 3 is 2.48 bits per heavy atom. The first kappa shape index (κ1) is 20.6. The number of phenols is 1. The van der Waals surface area contributed by atoms with E-state index in [-0.39, 0.29) is 18.2 Å². The van der Waals surface area contributed by atoms with Gasteiger partial charge in [0.25, 0.3) is 5.91 Å². The molecule has 1 amide bonds. The van der Waals surface area contributed by atoms with Crippen LogP contribution in [0.1, 0.15) is 46.9 Å². The molecule has 0 aliphatic heterocycles. The van der Waals surface area contributed by atoms with E-state index in [9.17, 15) is 19.1 Å². The lowest BCUT2D eigenvalue weighted by atomic mass is 10.1. The number of carbonyl (C=O) groups is 2. The van der Waals surface area contributed by atoms with Crippen molar-refractivity contribution in [2.24, 2.45) is 0 Å². The molecule has 0 aliphatic carbocycles. The zero-order valence-electron chi connectivity index (χ0n) is 16.9. The van der Waals surface area contributed by atoms with E-state index in [2.05, 4.69) is 5.32 Å². The number of unbranched alkanes of at least 4 members (excludes halogenated alkanes) is 1. The summed E-state index contributed by atoms with van der Waals surface area (Å²) >= 11 is 0. The average molecular weight is 396 g/mol. The van der Waals surface area contributed by atoms with Crippen molar-refractivity contribution in [3.05, 3.63) is 64.6 Å². The average Bonchev–Trinajstić information content (AvgIpc) is 2.93. The molecule has 0 spiro atoms. The number of rotatable bonds is 6. The van der Waals surface area contributed by atoms with E-state index >= 15 is 0 Å². The van der Waals surface area contributed by atoms with Gasteiger partial charge in [-0.25, -0.2) is 4.39 Å². The van der Waals surface area contributed by atoms with Crippen LogP contribution in [-0.4, -0.2) is 28.0 Å². The summed E-state index contributed by atoms with van der Waals surface area (Å²) in [7, 11) is 0. The van der Waals surface area contributed by atoms with Crippen molar-refractivity contribution >= 4 is 22.7 Å². The van der Waals surface area contributed by atoms with Crippen LogP contribution in [0, 0.1) is 19.7 Å². The van der Waals surface area contributed by atoms with Gasteiger partial charge in [-0.3, -0.25) is 14.2 Å². The van der Waals surface area contributed by atoms with Gasteiger partial charge in [0.05, 0.1) is 11.9 Å². The number of aromatic hydroxyl groups is 1. The van der Waals surface area contributed by atoms with Gasteiger partial charge in [0.2, 0.25) is 5.91 Å². The largest absolute Gasteiger partial charge is 0.505 e. The molecule has 0 radical (unpaired) electrons. The van der Waals surface area contributed by atoms with Gasteiger partial charge in [-0.1, -0.05) is 31.0 Å². The first-order valence-corrected chi connectivity index (χ1v) is 9.74. The number of benzene rings is 2. The molecule has 5 nitrogen and oxygen atoms in total. The first-order chi connectivity index (χ1) is 13.8. The Hall–Kier alpha value is -3.15. The standard InChI is InChI=1S/C23H25FN2O3/c1-4-5-10-25-22(28)12-17-15(3)26(20-13-19(24)21(27)11-18(17)20)23(29)16-8-6-14(2)7-9-16/h6-9,11,13,27H,4-5,10,12H2,1-3H3,(H,25,28). The molecule has 3 rings (SSSR count). The Bertz CT molecular complexity index is 1070. The highest BCUT2D eigenvalue weighted by molar-refractivity contribution is 6.05. The summed E-state index contributed by atoms with van der Waals surface area (Å²) < 4.78 is 15.5. The molecule has 6 heteroatoms.